The molecule has 0 spiro atoms. The number of nitrogens with one attached hydrogen (secondary N) is 1. The first-order chi connectivity index (χ1) is 15.1. The number of carbonyl (C=O) groups excluding carboxylic acids is 1. The molecule has 1 aliphatic heterocycles. The second-order valence-electron chi connectivity index (χ2n) is 7.35. The Kier molecular flexibility index (Phi) is 4.66. The fraction of sp³-hybridized carbons (Fsp3) is 0.174. The highest BCUT2D eigenvalue weighted by atomic mass is 16.5. The van der Waals surface area contributed by atoms with Gasteiger partial charge in [-0.3, -0.25) is 4.79 Å². The molecular formula is C23H20N6O2. The Morgan fingerprint density at radius 1 is 1.10 bits per heavy atom. The van der Waals surface area contributed by atoms with E-state index in [1.165, 1.54) is 0 Å². The van der Waals surface area contributed by atoms with Crippen LogP contribution >= 0.6 is 0 Å². The number of aryl methyl sites for hydroxylation is 1. The van der Waals surface area contributed by atoms with Crippen molar-refractivity contribution in [2.45, 2.75) is 19.3 Å². The Hall–Kier alpha value is -4.07. The van der Waals surface area contributed by atoms with Gasteiger partial charge in [0.15, 0.2) is 0 Å². The summed E-state index contributed by atoms with van der Waals surface area (Å²) in [5, 5.41) is 15.9. The summed E-state index contributed by atoms with van der Waals surface area (Å²) >= 11 is 0. The van der Waals surface area contributed by atoms with Gasteiger partial charge < -0.3 is 10.1 Å². The molecule has 154 valence electrons. The number of carbonyl (C=O) groups is 1. The smallest absolute Gasteiger partial charge is 0.272 e. The molecule has 0 aliphatic carbocycles. The summed E-state index contributed by atoms with van der Waals surface area (Å²) in [5.74, 6) is 1.51. The van der Waals surface area contributed by atoms with Crippen LogP contribution in [0.4, 0.5) is 5.82 Å². The average Bonchev–Trinajstić information content (AvgIpc) is 3.15. The van der Waals surface area contributed by atoms with Gasteiger partial charge in [0.05, 0.1) is 24.7 Å². The second kappa shape index (κ2) is 7.64. The maximum atomic E-state index is 12.5. The van der Waals surface area contributed by atoms with Crippen molar-refractivity contribution < 1.29 is 9.53 Å². The number of anilines is 1. The number of nitrogens with zero attached hydrogens (tertiary/aromatic N) is 5. The molecule has 8 nitrogen and oxygen atoms in total. The number of fused-ring (bicyclic) bond motifs is 1. The third-order valence-electron chi connectivity index (χ3n) is 5.43. The van der Waals surface area contributed by atoms with Gasteiger partial charge in [-0.1, -0.05) is 30.3 Å². The molecule has 1 amide bonds. The molecular weight excluding hydrogens is 392 g/mol. The van der Waals surface area contributed by atoms with Crippen LogP contribution in [0.15, 0.2) is 60.8 Å². The van der Waals surface area contributed by atoms with E-state index in [1.807, 2.05) is 61.5 Å². The molecule has 0 saturated heterocycles. The van der Waals surface area contributed by atoms with Crippen LogP contribution in [0.5, 0.6) is 5.75 Å². The van der Waals surface area contributed by atoms with Crippen molar-refractivity contribution in [2.24, 2.45) is 0 Å². The van der Waals surface area contributed by atoms with Crippen molar-refractivity contribution in [3.8, 4) is 23.0 Å². The standard InChI is InChI=1S/C23H20N6O2/c1-14-21-18(15-6-4-3-5-7-15)12-20(30)26-22(21)29(28-14)23-25-19(13-24-27-23)16-8-10-17(31-2)11-9-16/h3-11,13,18H,12H2,1-2H3,(H,26,30). The van der Waals surface area contributed by atoms with Gasteiger partial charge in [-0.05, 0) is 36.8 Å². The van der Waals surface area contributed by atoms with E-state index in [9.17, 15) is 4.79 Å². The number of hydrogen-bond acceptors (Lipinski definition) is 6. The van der Waals surface area contributed by atoms with E-state index < -0.39 is 0 Å². The first kappa shape index (κ1) is 18.9. The van der Waals surface area contributed by atoms with Gasteiger partial charge in [-0.25, -0.2) is 4.98 Å². The summed E-state index contributed by atoms with van der Waals surface area (Å²) in [4.78, 5) is 17.2. The van der Waals surface area contributed by atoms with Crippen LogP contribution in [-0.2, 0) is 4.79 Å². The van der Waals surface area contributed by atoms with Crippen LogP contribution in [0, 0.1) is 6.92 Å². The van der Waals surface area contributed by atoms with Gasteiger partial charge >= 0.3 is 0 Å². The van der Waals surface area contributed by atoms with Crippen LogP contribution in [0.2, 0.25) is 0 Å². The number of aromatic nitrogens is 5. The van der Waals surface area contributed by atoms with Gasteiger partial charge in [-0.15, -0.1) is 5.10 Å². The Morgan fingerprint density at radius 3 is 2.61 bits per heavy atom. The number of ether oxygens (including phenoxy) is 1. The molecule has 31 heavy (non-hydrogen) atoms. The molecule has 0 saturated carbocycles. The average molecular weight is 412 g/mol. The molecule has 2 aromatic carbocycles. The number of rotatable bonds is 4. The third-order valence-corrected chi connectivity index (χ3v) is 5.43. The zero-order valence-electron chi connectivity index (χ0n) is 17.1. The molecule has 1 unspecified atom stereocenters. The lowest BCUT2D eigenvalue weighted by atomic mass is 9.86. The van der Waals surface area contributed by atoms with Crippen LogP contribution in [0.1, 0.15) is 29.2 Å². The Balaban J connectivity index is 1.59. The zero-order valence-corrected chi connectivity index (χ0v) is 17.1. The summed E-state index contributed by atoms with van der Waals surface area (Å²) in [6, 6.07) is 17.5. The van der Waals surface area contributed by atoms with E-state index in [1.54, 1.807) is 18.0 Å². The number of hydrogen-bond donors (Lipinski definition) is 1. The molecule has 8 heteroatoms. The topological polar surface area (TPSA) is 94.8 Å². The summed E-state index contributed by atoms with van der Waals surface area (Å²) in [7, 11) is 1.62. The van der Waals surface area contributed by atoms with Crippen LogP contribution in [-0.4, -0.2) is 38.0 Å². The lowest BCUT2D eigenvalue weighted by molar-refractivity contribution is -0.116. The normalized spacial score (nSPS) is 15.3. The Labute approximate surface area is 178 Å². The summed E-state index contributed by atoms with van der Waals surface area (Å²) in [6.45, 7) is 1.93. The van der Waals surface area contributed by atoms with Crippen molar-refractivity contribution in [1.82, 2.24) is 25.0 Å². The number of amides is 1. The molecule has 1 N–H and O–H groups in total. The largest absolute Gasteiger partial charge is 0.497 e. The second-order valence-corrected chi connectivity index (χ2v) is 7.35. The molecule has 1 aliphatic rings. The molecule has 3 heterocycles. The minimum atomic E-state index is -0.0727. The predicted molar refractivity (Wildman–Crippen MR) is 115 cm³/mol. The highest BCUT2D eigenvalue weighted by Crippen LogP contribution is 2.39. The lowest BCUT2D eigenvalue weighted by Gasteiger charge is -2.24. The highest BCUT2D eigenvalue weighted by molar-refractivity contribution is 5.95. The van der Waals surface area contributed by atoms with E-state index in [4.69, 9.17) is 4.74 Å². The fourth-order valence-electron chi connectivity index (χ4n) is 3.95. The molecule has 4 aromatic rings. The van der Waals surface area contributed by atoms with E-state index >= 15 is 0 Å². The SMILES string of the molecule is COc1ccc(-c2cnnc(-n3nc(C)c4c3NC(=O)CC4c3ccccc3)n2)cc1. The minimum absolute atomic E-state index is 0.0678. The molecule has 0 radical (unpaired) electrons. The van der Waals surface area contributed by atoms with Crippen molar-refractivity contribution in [3.05, 3.63) is 77.6 Å². The van der Waals surface area contributed by atoms with Crippen molar-refractivity contribution in [2.75, 3.05) is 12.4 Å². The van der Waals surface area contributed by atoms with Gasteiger partial charge in [0.25, 0.3) is 5.95 Å². The summed E-state index contributed by atoms with van der Waals surface area (Å²) in [5.41, 5.74) is 4.40. The van der Waals surface area contributed by atoms with E-state index in [2.05, 4.69) is 25.6 Å². The van der Waals surface area contributed by atoms with Gasteiger partial charge in [0.2, 0.25) is 5.91 Å². The number of methoxy groups -OCH3 is 1. The lowest BCUT2D eigenvalue weighted by Crippen LogP contribution is -2.25. The van der Waals surface area contributed by atoms with Crippen molar-refractivity contribution in [3.63, 3.8) is 0 Å². The maximum Gasteiger partial charge on any atom is 0.272 e. The fourth-order valence-corrected chi connectivity index (χ4v) is 3.95. The zero-order chi connectivity index (χ0) is 21.4. The predicted octanol–water partition coefficient (Wildman–Crippen LogP) is 3.52. The van der Waals surface area contributed by atoms with Crippen molar-refractivity contribution >= 4 is 11.7 Å². The molecule has 1 atom stereocenters. The van der Waals surface area contributed by atoms with Gasteiger partial charge in [0, 0.05) is 23.5 Å². The summed E-state index contributed by atoms with van der Waals surface area (Å²) < 4.78 is 6.78. The van der Waals surface area contributed by atoms with Crippen LogP contribution in [0.25, 0.3) is 17.2 Å². The highest BCUT2D eigenvalue weighted by Gasteiger charge is 2.33. The van der Waals surface area contributed by atoms with Gasteiger partial charge in [-0.2, -0.15) is 14.9 Å². The van der Waals surface area contributed by atoms with Crippen LogP contribution in [0.3, 0.4) is 0 Å². The quantitative estimate of drug-likeness (QED) is 0.551. The Bertz CT molecular complexity index is 1250. The monoisotopic (exact) mass is 412 g/mol. The third kappa shape index (κ3) is 3.42. The van der Waals surface area contributed by atoms with E-state index in [0.717, 1.165) is 28.1 Å². The van der Waals surface area contributed by atoms with Crippen LogP contribution < -0.4 is 10.1 Å². The number of benzene rings is 2. The van der Waals surface area contributed by atoms with Crippen molar-refractivity contribution in [1.29, 1.82) is 0 Å². The molecule has 0 fully saturated rings. The van der Waals surface area contributed by atoms with Gasteiger partial charge in [0.1, 0.15) is 11.6 Å². The summed E-state index contributed by atoms with van der Waals surface area (Å²) in [6.07, 6.45) is 1.97. The molecule has 5 rings (SSSR count). The molecule has 2 aromatic heterocycles. The maximum absolute atomic E-state index is 12.5. The molecule has 0 bridgehead atoms. The Morgan fingerprint density at radius 2 is 1.87 bits per heavy atom. The van der Waals surface area contributed by atoms with E-state index in [0.29, 0.717) is 23.9 Å². The minimum Gasteiger partial charge on any atom is -0.497 e. The first-order valence-electron chi connectivity index (χ1n) is 9.93. The van der Waals surface area contributed by atoms with E-state index in [-0.39, 0.29) is 11.8 Å². The first-order valence-corrected chi connectivity index (χ1v) is 9.93.